The number of esters is 1. The van der Waals surface area contributed by atoms with E-state index in [1.807, 2.05) is 0 Å². The lowest BCUT2D eigenvalue weighted by Crippen LogP contribution is -2.07. The van der Waals surface area contributed by atoms with Crippen LogP contribution in [0.15, 0.2) is 18.2 Å². The van der Waals surface area contributed by atoms with Gasteiger partial charge in [-0.05, 0) is 12.1 Å². The molecule has 1 aromatic carbocycles. The van der Waals surface area contributed by atoms with E-state index in [2.05, 4.69) is 9.47 Å². The van der Waals surface area contributed by atoms with Gasteiger partial charge in [0.05, 0.1) is 17.6 Å². The molecule has 92 valence electrons. The summed E-state index contributed by atoms with van der Waals surface area (Å²) < 4.78 is 32.2. The Kier molecular flexibility index (Phi) is 3.91. The third kappa shape index (κ3) is 3.10. The lowest BCUT2D eigenvalue weighted by Gasteiger charge is -2.06. The summed E-state index contributed by atoms with van der Waals surface area (Å²) in [4.78, 5) is 20.8. The number of nitro groups is 1. The summed E-state index contributed by atoms with van der Waals surface area (Å²) in [5, 5.41) is 10.6. The molecule has 0 aromatic heterocycles. The second-order valence-corrected chi connectivity index (χ2v) is 2.81. The second-order valence-electron chi connectivity index (χ2n) is 2.81. The van der Waals surface area contributed by atoms with E-state index in [0.29, 0.717) is 0 Å². The molecule has 0 spiro atoms. The first kappa shape index (κ1) is 12.8. The van der Waals surface area contributed by atoms with Crippen LogP contribution in [0.25, 0.3) is 0 Å². The molecule has 1 aromatic rings. The summed E-state index contributed by atoms with van der Waals surface area (Å²) in [6.45, 7) is -3.18. The van der Waals surface area contributed by atoms with Gasteiger partial charge in [-0.2, -0.15) is 8.78 Å². The smallest absolute Gasteiger partial charge is 0.387 e. The van der Waals surface area contributed by atoms with Crippen LogP contribution in [-0.4, -0.2) is 24.6 Å². The molecular formula is C9H7F2NO5. The predicted octanol–water partition coefficient (Wildman–Crippen LogP) is 1.98. The molecule has 0 saturated carbocycles. The first-order chi connectivity index (χ1) is 7.95. The number of ether oxygens (including phenoxy) is 2. The Morgan fingerprint density at radius 3 is 2.59 bits per heavy atom. The fraction of sp³-hybridized carbons (Fsp3) is 0.222. The maximum absolute atomic E-state index is 12.0. The number of halogens is 2. The molecule has 1 rings (SSSR count). The molecule has 0 unspecified atom stereocenters. The van der Waals surface area contributed by atoms with Crippen LogP contribution in [0.5, 0.6) is 5.75 Å². The van der Waals surface area contributed by atoms with Gasteiger partial charge < -0.3 is 9.47 Å². The SMILES string of the molecule is COC(=O)c1ccc(OC(F)F)c([N+](=O)[O-])c1. The summed E-state index contributed by atoms with van der Waals surface area (Å²) in [5.74, 6) is -1.42. The van der Waals surface area contributed by atoms with Gasteiger partial charge in [0, 0.05) is 6.07 Å². The van der Waals surface area contributed by atoms with Crippen molar-refractivity contribution in [2.45, 2.75) is 6.61 Å². The second kappa shape index (κ2) is 5.19. The van der Waals surface area contributed by atoms with Gasteiger partial charge in [0.2, 0.25) is 5.75 Å². The van der Waals surface area contributed by atoms with Crippen LogP contribution in [0.4, 0.5) is 14.5 Å². The Labute approximate surface area is 93.9 Å². The zero-order valence-corrected chi connectivity index (χ0v) is 8.55. The molecule has 17 heavy (non-hydrogen) atoms. The van der Waals surface area contributed by atoms with Gasteiger partial charge in [0.1, 0.15) is 0 Å². The number of carbonyl (C=O) groups is 1. The normalized spacial score (nSPS) is 10.1. The molecule has 8 heteroatoms. The molecular weight excluding hydrogens is 240 g/mol. The highest BCUT2D eigenvalue weighted by atomic mass is 19.3. The molecule has 6 nitrogen and oxygen atoms in total. The Morgan fingerprint density at radius 2 is 2.12 bits per heavy atom. The first-order valence-corrected chi connectivity index (χ1v) is 4.27. The van der Waals surface area contributed by atoms with E-state index < -0.39 is 28.9 Å². The predicted molar refractivity (Wildman–Crippen MR) is 51.1 cm³/mol. The average Bonchev–Trinajstić information content (AvgIpc) is 2.27. The maximum Gasteiger partial charge on any atom is 0.387 e. The molecule has 0 heterocycles. The van der Waals surface area contributed by atoms with Crippen molar-refractivity contribution < 1.29 is 28.0 Å². The van der Waals surface area contributed by atoms with Crippen molar-refractivity contribution in [3.8, 4) is 5.75 Å². The van der Waals surface area contributed by atoms with Crippen LogP contribution in [0.1, 0.15) is 10.4 Å². The minimum absolute atomic E-state index is 0.124. The molecule has 0 fully saturated rings. The van der Waals surface area contributed by atoms with Crippen molar-refractivity contribution in [2.24, 2.45) is 0 Å². The van der Waals surface area contributed by atoms with Crippen LogP contribution in [0.3, 0.4) is 0 Å². The topological polar surface area (TPSA) is 78.7 Å². The van der Waals surface area contributed by atoms with Crippen molar-refractivity contribution in [1.82, 2.24) is 0 Å². The Balaban J connectivity index is 3.17. The van der Waals surface area contributed by atoms with E-state index in [9.17, 15) is 23.7 Å². The Bertz CT molecular complexity index is 449. The highest BCUT2D eigenvalue weighted by molar-refractivity contribution is 5.90. The van der Waals surface area contributed by atoms with Gasteiger partial charge in [-0.3, -0.25) is 10.1 Å². The van der Waals surface area contributed by atoms with E-state index in [4.69, 9.17) is 0 Å². The molecule has 0 aliphatic heterocycles. The molecule has 0 saturated heterocycles. The quantitative estimate of drug-likeness (QED) is 0.461. The van der Waals surface area contributed by atoms with Crippen molar-refractivity contribution in [3.05, 3.63) is 33.9 Å². The van der Waals surface area contributed by atoms with Crippen molar-refractivity contribution in [2.75, 3.05) is 7.11 Å². The fourth-order valence-electron chi connectivity index (χ4n) is 1.10. The van der Waals surface area contributed by atoms with Gasteiger partial charge >= 0.3 is 18.3 Å². The molecule has 0 N–H and O–H groups in total. The third-order valence-electron chi connectivity index (χ3n) is 1.79. The van der Waals surface area contributed by atoms with Gasteiger partial charge in [0.25, 0.3) is 0 Å². The number of hydrogen-bond acceptors (Lipinski definition) is 5. The van der Waals surface area contributed by atoms with Crippen molar-refractivity contribution >= 4 is 11.7 Å². The zero-order chi connectivity index (χ0) is 13.0. The van der Waals surface area contributed by atoms with E-state index in [1.54, 1.807) is 0 Å². The van der Waals surface area contributed by atoms with Crippen LogP contribution < -0.4 is 4.74 Å². The molecule has 0 amide bonds. The number of alkyl halides is 2. The third-order valence-corrected chi connectivity index (χ3v) is 1.79. The number of benzene rings is 1. The zero-order valence-electron chi connectivity index (χ0n) is 8.55. The minimum atomic E-state index is -3.18. The van der Waals surface area contributed by atoms with Crippen LogP contribution in [-0.2, 0) is 4.74 Å². The standard InChI is InChI=1S/C9H7F2NO5/c1-16-8(13)5-2-3-7(17-9(10)11)6(4-5)12(14)15/h2-4,9H,1H3. The highest BCUT2D eigenvalue weighted by Gasteiger charge is 2.21. The molecule has 0 radical (unpaired) electrons. The molecule has 0 aliphatic rings. The van der Waals surface area contributed by atoms with Crippen LogP contribution in [0.2, 0.25) is 0 Å². The van der Waals surface area contributed by atoms with Gasteiger partial charge in [-0.1, -0.05) is 0 Å². The van der Waals surface area contributed by atoms with Crippen molar-refractivity contribution in [3.63, 3.8) is 0 Å². The number of carbonyl (C=O) groups excluding carboxylic acids is 1. The summed E-state index contributed by atoms with van der Waals surface area (Å²) in [5.41, 5.74) is -0.853. The summed E-state index contributed by atoms with van der Waals surface area (Å²) in [6, 6.07) is 2.82. The number of rotatable bonds is 4. The van der Waals surface area contributed by atoms with Crippen molar-refractivity contribution in [1.29, 1.82) is 0 Å². The number of nitro benzene ring substituents is 1. The Morgan fingerprint density at radius 1 is 1.47 bits per heavy atom. The molecule has 0 atom stereocenters. The largest absolute Gasteiger partial charge is 0.465 e. The van der Waals surface area contributed by atoms with E-state index in [1.165, 1.54) is 0 Å². The minimum Gasteiger partial charge on any atom is -0.465 e. The summed E-state index contributed by atoms with van der Waals surface area (Å²) >= 11 is 0. The highest BCUT2D eigenvalue weighted by Crippen LogP contribution is 2.29. The van der Waals surface area contributed by atoms with Gasteiger partial charge in [-0.25, -0.2) is 4.79 Å². The molecule has 0 bridgehead atoms. The summed E-state index contributed by atoms with van der Waals surface area (Å²) in [7, 11) is 1.09. The lowest BCUT2D eigenvalue weighted by atomic mass is 10.2. The van der Waals surface area contributed by atoms with Gasteiger partial charge in [-0.15, -0.1) is 0 Å². The van der Waals surface area contributed by atoms with E-state index >= 15 is 0 Å². The number of methoxy groups -OCH3 is 1. The van der Waals surface area contributed by atoms with Crippen LogP contribution >= 0.6 is 0 Å². The lowest BCUT2D eigenvalue weighted by molar-refractivity contribution is -0.386. The van der Waals surface area contributed by atoms with E-state index in [-0.39, 0.29) is 5.56 Å². The van der Waals surface area contributed by atoms with E-state index in [0.717, 1.165) is 25.3 Å². The van der Waals surface area contributed by atoms with Crippen LogP contribution in [0, 0.1) is 10.1 Å². The van der Waals surface area contributed by atoms with Gasteiger partial charge in [0.15, 0.2) is 0 Å². The maximum atomic E-state index is 12.0. The number of nitrogens with zero attached hydrogens (tertiary/aromatic N) is 1. The fourth-order valence-corrected chi connectivity index (χ4v) is 1.10. The molecule has 0 aliphatic carbocycles. The Hall–Kier alpha value is -2.25. The average molecular weight is 247 g/mol. The monoisotopic (exact) mass is 247 g/mol. The number of hydrogen-bond donors (Lipinski definition) is 0. The summed E-state index contributed by atoms with van der Waals surface area (Å²) in [6.07, 6.45) is 0. The first-order valence-electron chi connectivity index (χ1n) is 4.27.